The van der Waals surface area contributed by atoms with Gasteiger partial charge in [0.1, 0.15) is 11.5 Å². The molecule has 3 aromatic rings. The van der Waals surface area contributed by atoms with Crippen LogP contribution in [0.1, 0.15) is 31.1 Å². The Balaban J connectivity index is 1.40. The predicted octanol–water partition coefficient (Wildman–Crippen LogP) is 3.28. The standard InChI is InChI=1S/C22H25FN6O3S/c1-15-24-14-20(29(15)17-7-11-32-12-8-17)21-19(23)13-25-22(27-21)26-16-3-5-18(6-4-16)33(30,31)28-9-2-10-28/h3-6,13-14,17H,2,7-12H2,1H3,(H,25,26,27). The molecule has 0 unspecified atom stereocenters. The largest absolute Gasteiger partial charge is 0.381 e. The number of imidazole rings is 1. The van der Waals surface area contributed by atoms with Gasteiger partial charge in [0, 0.05) is 38.0 Å². The van der Waals surface area contributed by atoms with Crippen LogP contribution in [0, 0.1) is 12.7 Å². The van der Waals surface area contributed by atoms with E-state index in [1.165, 1.54) is 4.31 Å². The van der Waals surface area contributed by atoms with Crippen LogP contribution in [0.15, 0.2) is 41.6 Å². The fourth-order valence-corrected chi connectivity index (χ4v) is 5.67. The summed E-state index contributed by atoms with van der Waals surface area (Å²) in [5.41, 5.74) is 1.36. The van der Waals surface area contributed by atoms with Crippen LogP contribution in [0.3, 0.4) is 0 Å². The summed E-state index contributed by atoms with van der Waals surface area (Å²) in [6, 6.07) is 6.56. The molecule has 2 aromatic heterocycles. The van der Waals surface area contributed by atoms with Crippen molar-refractivity contribution in [2.75, 3.05) is 31.6 Å². The molecule has 4 heterocycles. The first-order valence-electron chi connectivity index (χ1n) is 11.0. The van der Waals surface area contributed by atoms with Crippen molar-refractivity contribution >= 4 is 21.7 Å². The molecule has 0 bridgehead atoms. The van der Waals surface area contributed by atoms with Gasteiger partial charge in [-0.25, -0.2) is 27.8 Å². The molecule has 2 aliphatic rings. The molecule has 0 aliphatic carbocycles. The maximum Gasteiger partial charge on any atom is 0.243 e. The fraction of sp³-hybridized carbons (Fsp3) is 0.409. The lowest BCUT2D eigenvalue weighted by molar-refractivity contribution is 0.0694. The maximum atomic E-state index is 14.8. The highest BCUT2D eigenvalue weighted by Gasteiger charge is 2.29. The quantitative estimate of drug-likeness (QED) is 0.587. The van der Waals surface area contributed by atoms with Gasteiger partial charge in [-0.3, -0.25) is 0 Å². The summed E-state index contributed by atoms with van der Waals surface area (Å²) in [5, 5.41) is 3.04. The van der Waals surface area contributed by atoms with Gasteiger partial charge < -0.3 is 14.6 Å². The zero-order chi connectivity index (χ0) is 23.0. The van der Waals surface area contributed by atoms with Gasteiger partial charge in [0.25, 0.3) is 0 Å². The Labute approximate surface area is 191 Å². The molecule has 174 valence electrons. The van der Waals surface area contributed by atoms with E-state index in [1.807, 2.05) is 11.5 Å². The van der Waals surface area contributed by atoms with Crippen molar-refractivity contribution in [3.8, 4) is 11.4 Å². The van der Waals surface area contributed by atoms with E-state index in [0.717, 1.165) is 31.3 Å². The van der Waals surface area contributed by atoms with Crippen LogP contribution in [0.4, 0.5) is 16.0 Å². The van der Waals surface area contributed by atoms with Crippen LogP contribution in [-0.4, -0.2) is 58.5 Å². The topological polar surface area (TPSA) is 102 Å². The molecule has 0 radical (unpaired) electrons. The number of nitrogens with one attached hydrogen (secondary N) is 1. The molecule has 2 saturated heterocycles. The van der Waals surface area contributed by atoms with Crippen LogP contribution >= 0.6 is 0 Å². The molecular weight excluding hydrogens is 447 g/mol. The van der Waals surface area contributed by atoms with Crippen LogP contribution in [0.5, 0.6) is 0 Å². The molecule has 33 heavy (non-hydrogen) atoms. The van der Waals surface area contributed by atoms with Gasteiger partial charge in [-0.1, -0.05) is 0 Å². The number of aryl methyl sites for hydroxylation is 1. The highest BCUT2D eigenvalue weighted by molar-refractivity contribution is 7.89. The Hall–Kier alpha value is -2.89. The normalized spacial score (nSPS) is 17.6. The van der Waals surface area contributed by atoms with E-state index >= 15 is 0 Å². The van der Waals surface area contributed by atoms with E-state index in [4.69, 9.17) is 4.74 Å². The second-order valence-corrected chi connectivity index (χ2v) is 10.1. The van der Waals surface area contributed by atoms with Gasteiger partial charge in [0.05, 0.1) is 23.0 Å². The number of benzene rings is 1. The molecule has 1 N–H and O–H groups in total. The van der Waals surface area contributed by atoms with E-state index in [1.54, 1.807) is 30.5 Å². The first-order valence-corrected chi connectivity index (χ1v) is 12.4. The smallest absolute Gasteiger partial charge is 0.243 e. The molecule has 2 aliphatic heterocycles. The lowest BCUT2D eigenvalue weighted by Gasteiger charge is -2.29. The monoisotopic (exact) mass is 472 g/mol. The molecule has 0 amide bonds. The number of halogens is 1. The summed E-state index contributed by atoms with van der Waals surface area (Å²) in [7, 11) is -3.45. The number of ether oxygens (including phenoxy) is 1. The average Bonchev–Trinajstić information content (AvgIpc) is 3.15. The summed E-state index contributed by atoms with van der Waals surface area (Å²) < 4.78 is 48.7. The summed E-state index contributed by atoms with van der Waals surface area (Å²) in [4.78, 5) is 13.1. The molecule has 0 saturated carbocycles. The van der Waals surface area contributed by atoms with Gasteiger partial charge in [-0.2, -0.15) is 4.31 Å². The average molecular weight is 473 g/mol. The van der Waals surface area contributed by atoms with Crippen molar-refractivity contribution in [3.05, 3.63) is 48.3 Å². The molecule has 11 heteroatoms. The predicted molar refractivity (Wildman–Crippen MR) is 120 cm³/mol. The van der Waals surface area contributed by atoms with Gasteiger partial charge in [0.2, 0.25) is 16.0 Å². The first-order chi connectivity index (χ1) is 15.9. The summed E-state index contributed by atoms with van der Waals surface area (Å²) in [6.07, 6.45) is 5.30. The van der Waals surface area contributed by atoms with Crippen molar-refractivity contribution in [2.45, 2.75) is 37.1 Å². The number of nitrogens with zero attached hydrogens (tertiary/aromatic N) is 5. The third-order valence-electron chi connectivity index (χ3n) is 6.09. The first kappa shape index (κ1) is 21.9. The minimum atomic E-state index is -3.45. The Kier molecular flexibility index (Phi) is 5.85. The minimum absolute atomic E-state index is 0.163. The second kappa shape index (κ2) is 8.81. The molecule has 2 fully saturated rings. The summed E-state index contributed by atoms with van der Waals surface area (Å²) in [5.74, 6) is 0.468. The van der Waals surface area contributed by atoms with Gasteiger partial charge in [0.15, 0.2) is 5.82 Å². The SMILES string of the molecule is Cc1ncc(-c2nc(Nc3ccc(S(=O)(=O)N4CCC4)cc3)ncc2F)n1C1CCOCC1. The zero-order valence-electron chi connectivity index (χ0n) is 18.2. The second-order valence-electron chi connectivity index (χ2n) is 8.20. The molecule has 0 spiro atoms. The number of sulfonamides is 1. The summed E-state index contributed by atoms with van der Waals surface area (Å²) in [6.45, 7) is 4.32. The van der Waals surface area contributed by atoms with Gasteiger partial charge >= 0.3 is 0 Å². The van der Waals surface area contributed by atoms with E-state index in [9.17, 15) is 12.8 Å². The minimum Gasteiger partial charge on any atom is -0.381 e. The third kappa shape index (κ3) is 4.23. The van der Waals surface area contributed by atoms with Crippen molar-refractivity contribution in [1.29, 1.82) is 0 Å². The van der Waals surface area contributed by atoms with Crippen LogP contribution in [-0.2, 0) is 14.8 Å². The highest BCUT2D eigenvalue weighted by Crippen LogP contribution is 2.31. The van der Waals surface area contributed by atoms with Crippen molar-refractivity contribution in [1.82, 2.24) is 23.8 Å². The number of hydrogen-bond donors (Lipinski definition) is 1. The van der Waals surface area contributed by atoms with E-state index in [-0.39, 0.29) is 22.6 Å². The fourth-order valence-electron chi connectivity index (χ4n) is 4.16. The van der Waals surface area contributed by atoms with E-state index in [2.05, 4.69) is 20.3 Å². The maximum absolute atomic E-state index is 14.8. The molecule has 0 atom stereocenters. The van der Waals surface area contributed by atoms with Crippen LogP contribution < -0.4 is 5.32 Å². The molecular formula is C22H25FN6O3S. The number of aromatic nitrogens is 4. The van der Waals surface area contributed by atoms with Crippen LogP contribution in [0.25, 0.3) is 11.4 Å². The number of hydrogen-bond acceptors (Lipinski definition) is 7. The Morgan fingerprint density at radius 3 is 2.48 bits per heavy atom. The van der Waals surface area contributed by atoms with E-state index < -0.39 is 15.8 Å². The highest BCUT2D eigenvalue weighted by atomic mass is 32.2. The van der Waals surface area contributed by atoms with Gasteiger partial charge in [-0.15, -0.1) is 0 Å². The number of rotatable bonds is 6. The summed E-state index contributed by atoms with van der Waals surface area (Å²) >= 11 is 0. The molecule has 5 rings (SSSR count). The van der Waals surface area contributed by atoms with Crippen molar-refractivity contribution < 1.29 is 17.5 Å². The van der Waals surface area contributed by atoms with Gasteiger partial charge in [-0.05, 0) is 50.5 Å². The Bertz CT molecular complexity index is 1250. The Morgan fingerprint density at radius 1 is 1.09 bits per heavy atom. The van der Waals surface area contributed by atoms with Crippen molar-refractivity contribution in [2.24, 2.45) is 0 Å². The molecule has 9 nitrogen and oxygen atoms in total. The Morgan fingerprint density at radius 2 is 1.82 bits per heavy atom. The lowest BCUT2D eigenvalue weighted by atomic mass is 10.1. The zero-order valence-corrected chi connectivity index (χ0v) is 19.1. The van der Waals surface area contributed by atoms with Crippen molar-refractivity contribution in [3.63, 3.8) is 0 Å². The van der Waals surface area contributed by atoms with Crippen LogP contribution in [0.2, 0.25) is 0 Å². The third-order valence-corrected chi connectivity index (χ3v) is 8.00. The van der Waals surface area contributed by atoms with E-state index in [0.29, 0.717) is 37.7 Å². The molecule has 1 aromatic carbocycles. The number of anilines is 2. The lowest BCUT2D eigenvalue weighted by Crippen LogP contribution is -2.41.